The smallest absolute Gasteiger partial charge is 0.191 e. The average Bonchev–Trinajstić information content (AvgIpc) is 2.45. The molecule has 22 heavy (non-hydrogen) atoms. The number of allylic oxidation sites excluding steroid dienone is 1. The molecule has 1 aliphatic rings. The Morgan fingerprint density at radius 1 is 1.32 bits per heavy atom. The minimum atomic E-state index is 0. The molecule has 0 heterocycles. The number of nitrogens with zero attached hydrogens (tertiary/aromatic N) is 1. The summed E-state index contributed by atoms with van der Waals surface area (Å²) in [6, 6.07) is 0. The Morgan fingerprint density at radius 2 is 2.05 bits per heavy atom. The highest BCUT2D eigenvalue weighted by Crippen LogP contribution is 2.21. The van der Waals surface area contributed by atoms with E-state index in [-0.39, 0.29) is 35.5 Å². The van der Waals surface area contributed by atoms with Crippen molar-refractivity contribution in [2.75, 3.05) is 27.2 Å². The largest absolute Gasteiger partial charge is 0.379 e. The molecular formula is C17H34IN3O. The molecule has 0 radical (unpaired) electrons. The zero-order valence-electron chi connectivity index (χ0n) is 14.9. The Morgan fingerprint density at radius 3 is 2.55 bits per heavy atom. The van der Waals surface area contributed by atoms with Gasteiger partial charge >= 0.3 is 0 Å². The zero-order valence-corrected chi connectivity index (χ0v) is 17.2. The maximum absolute atomic E-state index is 5.55. The molecule has 4 nitrogen and oxygen atoms in total. The maximum Gasteiger partial charge on any atom is 0.191 e. The molecule has 1 aliphatic carbocycles. The highest BCUT2D eigenvalue weighted by atomic mass is 127. The van der Waals surface area contributed by atoms with E-state index >= 15 is 0 Å². The van der Waals surface area contributed by atoms with E-state index in [2.05, 4.69) is 42.5 Å². The van der Waals surface area contributed by atoms with Gasteiger partial charge in [-0.05, 0) is 37.5 Å². The van der Waals surface area contributed by atoms with Crippen molar-refractivity contribution >= 4 is 29.9 Å². The molecule has 0 aromatic carbocycles. The van der Waals surface area contributed by atoms with Crippen LogP contribution in [0.1, 0.15) is 52.9 Å². The van der Waals surface area contributed by atoms with Gasteiger partial charge in [0.15, 0.2) is 5.96 Å². The monoisotopic (exact) mass is 423 g/mol. The fourth-order valence-electron chi connectivity index (χ4n) is 2.63. The highest BCUT2D eigenvalue weighted by Gasteiger charge is 2.24. The van der Waals surface area contributed by atoms with Gasteiger partial charge in [0.2, 0.25) is 0 Å². The van der Waals surface area contributed by atoms with Crippen LogP contribution in [0.5, 0.6) is 0 Å². The summed E-state index contributed by atoms with van der Waals surface area (Å²) in [5.74, 6) is 0.859. The Bertz CT molecular complexity index is 361. The number of nitrogens with one attached hydrogen (secondary N) is 2. The fraction of sp³-hybridized carbons (Fsp3) is 0.824. The lowest BCUT2D eigenvalue weighted by Gasteiger charge is -2.30. The van der Waals surface area contributed by atoms with Gasteiger partial charge in [-0.2, -0.15) is 0 Å². The minimum absolute atomic E-state index is 0. The summed E-state index contributed by atoms with van der Waals surface area (Å²) in [6.07, 6.45) is 8.91. The molecule has 0 amide bonds. The van der Waals surface area contributed by atoms with E-state index < -0.39 is 0 Å². The molecule has 1 unspecified atom stereocenters. The normalized spacial score (nSPS) is 17.3. The summed E-state index contributed by atoms with van der Waals surface area (Å²) in [5.41, 5.74) is 1.71. The minimum Gasteiger partial charge on any atom is -0.379 e. The molecule has 1 atom stereocenters. The number of hydrogen-bond acceptors (Lipinski definition) is 2. The number of hydrogen-bond donors (Lipinski definition) is 2. The molecule has 1 rings (SSSR count). The Kier molecular flexibility index (Phi) is 11.1. The topological polar surface area (TPSA) is 45.7 Å². The molecule has 0 bridgehead atoms. The molecule has 0 spiro atoms. The lowest BCUT2D eigenvalue weighted by Crippen LogP contribution is -2.45. The number of rotatable bonds is 6. The van der Waals surface area contributed by atoms with Gasteiger partial charge in [-0.25, -0.2) is 0 Å². The molecule has 0 aliphatic heterocycles. The van der Waals surface area contributed by atoms with Gasteiger partial charge in [0.25, 0.3) is 0 Å². The predicted octanol–water partition coefficient (Wildman–Crippen LogP) is 3.72. The molecule has 0 aromatic rings. The van der Waals surface area contributed by atoms with Gasteiger partial charge in [-0.1, -0.05) is 32.4 Å². The Labute approximate surface area is 153 Å². The van der Waals surface area contributed by atoms with E-state index in [1.54, 1.807) is 12.7 Å². The van der Waals surface area contributed by atoms with Crippen LogP contribution in [0.3, 0.4) is 0 Å². The van der Waals surface area contributed by atoms with Crippen molar-refractivity contribution in [2.24, 2.45) is 10.4 Å². The van der Waals surface area contributed by atoms with Crippen molar-refractivity contribution in [3.63, 3.8) is 0 Å². The summed E-state index contributed by atoms with van der Waals surface area (Å²) < 4.78 is 5.55. The first-order valence-corrected chi connectivity index (χ1v) is 8.12. The SMILES string of the molecule is CN=C(NCCC1=CCCCC1)NCC(OC)C(C)(C)C.I. The number of aliphatic imine (C=N–C) groups is 1. The first kappa shape index (κ1) is 21.7. The van der Waals surface area contributed by atoms with Crippen LogP contribution in [0.15, 0.2) is 16.6 Å². The van der Waals surface area contributed by atoms with Crippen molar-refractivity contribution in [3.8, 4) is 0 Å². The van der Waals surface area contributed by atoms with Crippen molar-refractivity contribution in [2.45, 2.75) is 59.0 Å². The summed E-state index contributed by atoms with van der Waals surface area (Å²) in [5, 5.41) is 6.75. The van der Waals surface area contributed by atoms with Crippen LogP contribution in [0.2, 0.25) is 0 Å². The van der Waals surface area contributed by atoms with Gasteiger partial charge in [0.05, 0.1) is 6.10 Å². The first-order valence-electron chi connectivity index (χ1n) is 8.12. The second-order valence-electron chi connectivity index (χ2n) is 6.83. The van der Waals surface area contributed by atoms with Crippen LogP contribution < -0.4 is 10.6 Å². The Hall–Kier alpha value is -0.300. The Balaban J connectivity index is 0.00000441. The summed E-state index contributed by atoms with van der Waals surface area (Å²) in [6.45, 7) is 8.28. The molecule has 0 saturated heterocycles. The average molecular weight is 423 g/mol. The van der Waals surface area contributed by atoms with Crippen molar-refractivity contribution in [1.82, 2.24) is 10.6 Å². The first-order chi connectivity index (χ1) is 9.97. The van der Waals surface area contributed by atoms with Crippen LogP contribution in [0.25, 0.3) is 0 Å². The quantitative estimate of drug-likeness (QED) is 0.296. The van der Waals surface area contributed by atoms with Gasteiger partial charge < -0.3 is 15.4 Å². The van der Waals surface area contributed by atoms with E-state index in [0.29, 0.717) is 0 Å². The number of halogens is 1. The second-order valence-corrected chi connectivity index (χ2v) is 6.83. The fourth-order valence-corrected chi connectivity index (χ4v) is 2.63. The van der Waals surface area contributed by atoms with E-state index in [9.17, 15) is 0 Å². The third-order valence-corrected chi connectivity index (χ3v) is 4.05. The summed E-state index contributed by atoms with van der Waals surface area (Å²) in [4.78, 5) is 4.28. The summed E-state index contributed by atoms with van der Waals surface area (Å²) >= 11 is 0. The molecule has 0 fully saturated rings. The maximum atomic E-state index is 5.55. The van der Waals surface area contributed by atoms with Crippen LogP contribution in [0.4, 0.5) is 0 Å². The number of methoxy groups -OCH3 is 1. The number of ether oxygens (including phenoxy) is 1. The van der Waals surface area contributed by atoms with Crippen molar-refractivity contribution in [1.29, 1.82) is 0 Å². The number of guanidine groups is 1. The van der Waals surface area contributed by atoms with Crippen LogP contribution in [-0.4, -0.2) is 39.3 Å². The standard InChI is InChI=1S/C17H33N3O.HI/c1-17(2,3)15(21-5)13-20-16(18-4)19-12-11-14-9-7-6-8-10-14;/h9,15H,6-8,10-13H2,1-5H3,(H2,18,19,20);1H. The zero-order chi connectivity index (χ0) is 15.7. The van der Waals surface area contributed by atoms with E-state index in [4.69, 9.17) is 4.74 Å². The highest BCUT2D eigenvalue weighted by molar-refractivity contribution is 14.0. The van der Waals surface area contributed by atoms with E-state index in [1.807, 2.05) is 7.05 Å². The molecular weight excluding hydrogens is 389 g/mol. The van der Waals surface area contributed by atoms with Gasteiger partial charge in [-0.3, -0.25) is 4.99 Å². The lowest BCUT2D eigenvalue weighted by molar-refractivity contribution is 0.0205. The lowest BCUT2D eigenvalue weighted by atomic mass is 9.89. The van der Waals surface area contributed by atoms with Gasteiger partial charge in [0.1, 0.15) is 0 Å². The van der Waals surface area contributed by atoms with Gasteiger partial charge in [-0.15, -0.1) is 24.0 Å². The van der Waals surface area contributed by atoms with Crippen LogP contribution >= 0.6 is 24.0 Å². The molecule has 0 aromatic heterocycles. The third kappa shape index (κ3) is 8.36. The molecule has 2 N–H and O–H groups in total. The van der Waals surface area contributed by atoms with Gasteiger partial charge in [0, 0.05) is 27.2 Å². The van der Waals surface area contributed by atoms with Crippen molar-refractivity contribution in [3.05, 3.63) is 11.6 Å². The van der Waals surface area contributed by atoms with Crippen LogP contribution in [-0.2, 0) is 4.74 Å². The van der Waals surface area contributed by atoms with E-state index in [1.165, 1.54) is 25.7 Å². The van der Waals surface area contributed by atoms with Crippen molar-refractivity contribution < 1.29 is 4.74 Å². The second kappa shape index (κ2) is 11.3. The predicted molar refractivity (Wildman–Crippen MR) is 106 cm³/mol. The molecule has 0 saturated carbocycles. The third-order valence-electron chi connectivity index (χ3n) is 4.05. The molecule has 130 valence electrons. The summed E-state index contributed by atoms with van der Waals surface area (Å²) in [7, 11) is 3.58. The van der Waals surface area contributed by atoms with E-state index in [0.717, 1.165) is 25.5 Å². The van der Waals surface area contributed by atoms with Crippen LogP contribution in [0, 0.1) is 5.41 Å². The molecule has 5 heteroatoms.